The van der Waals surface area contributed by atoms with Crippen LogP contribution in [0.4, 0.5) is 5.69 Å². The van der Waals surface area contributed by atoms with E-state index in [0.29, 0.717) is 16.3 Å². The lowest BCUT2D eigenvalue weighted by atomic mass is 10.1. The highest BCUT2D eigenvalue weighted by molar-refractivity contribution is 7.91. The number of carbonyl (C=O) groups excluding carboxylic acids is 1. The van der Waals surface area contributed by atoms with Crippen LogP contribution in [-0.2, 0) is 9.84 Å². The summed E-state index contributed by atoms with van der Waals surface area (Å²) < 4.78 is 23.0. The van der Waals surface area contributed by atoms with E-state index in [9.17, 15) is 13.2 Å². The first kappa shape index (κ1) is 14.1. The maximum absolute atomic E-state index is 12.3. The largest absolute Gasteiger partial charge is 0.399 e. The number of benzene rings is 1. The van der Waals surface area contributed by atoms with Crippen molar-refractivity contribution >= 4 is 33.0 Å². The molecule has 0 bridgehead atoms. The second-order valence-electron chi connectivity index (χ2n) is 4.74. The minimum Gasteiger partial charge on any atom is -0.399 e. The first-order chi connectivity index (χ1) is 8.78. The summed E-state index contributed by atoms with van der Waals surface area (Å²) >= 11 is 5.87. The molecule has 0 aliphatic carbocycles. The molecule has 0 radical (unpaired) electrons. The van der Waals surface area contributed by atoms with E-state index >= 15 is 0 Å². The van der Waals surface area contributed by atoms with Crippen molar-refractivity contribution in [1.29, 1.82) is 0 Å². The number of hydrogen-bond donors (Lipinski definition) is 1. The number of halogens is 1. The smallest absolute Gasteiger partial charge is 0.254 e. The Labute approximate surface area is 117 Å². The van der Waals surface area contributed by atoms with Gasteiger partial charge in [0.1, 0.15) is 0 Å². The SMILES string of the molecule is CC1CS(=O)(=O)CCN1C(=O)c1cc(N)cc(Cl)c1. The van der Waals surface area contributed by atoms with Crippen molar-refractivity contribution in [2.75, 3.05) is 23.8 Å². The molecule has 7 heteroatoms. The molecule has 1 aromatic carbocycles. The van der Waals surface area contributed by atoms with E-state index in [2.05, 4.69) is 0 Å². The Morgan fingerprint density at radius 2 is 2.11 bits per heavy atom. The van der Waals surface area contributed by atoms with Crippen molar-refractivity contribution in [2.24, 2.45) is 0 Å². The maximum atomic E-state index is 12.3. The number of nitrogen functional groups attached to an aromatic ring is 1. The zero-order chi connectivity index (χ0) is 14.2. The Bertz CT molecular complexity index is 595. The van der Waals surface area contributed by atoms with Gasteiger partial charge in [0.05, 0.1) is 11.5 Å². The molecule has 5 nitrogen and oxygen atoms in total. The number of rotatable bonds is 1. The van der Waals surface area contributed by atoms with Gasteiger partial charge < -0.3 is 10.6 Å². The predicted molar refractivity (Wildman–Crippen MR) is 75.0 cm³/mol. The van der Waals surface area contributed by atoms with E-state index in [1.54, 1.807) is 24.0 Å². The van der Waals surface area contributed by atoms with Gasteiger partial charge in [0, 0.05) is 28.9 Å². The van der Waals surface area contributed by atoms with E-state index in [0.717, 1.165) is 0 Å². The molecule has 2 N–H and O–H groups in total. The van der Waals surface area contributed by atoms with E-state index in [-0.39, 0.29) is 30.0 Å². The molecule has 104 valence electrons. The van der Waals surface area contributed by atoms with Crippen molar-refractivity contribution in [3.63, 3.8) is 0 Å². The van der Waals surface area contributed by atoms with Crippen molar-refractivity contribution < 1.29 is 13.2 Å². The normalized spacial score (nSPS) is 22.2. The van der Waals surface area contributed by atoms with E-state index in [1.165, 1.54) is 6.07 Å². The molecule has 1 heterocycles. The second kappa shape index (κ2) is 5.02. The molecule has 1 aliphatic rings. The summed E-state index contributed by atoms with van der Waals surface area (Å²) in [5, 5.41) is 0.389. The van der Waals surface area contributed by atoms with Crippen LogP contribution in [0.25, 0.3) is 0 Å². The van der Waals surface area contributed by atoms with Gasteiger partial charge in [-0.25, -0.2) is 8.42 Å². The summed E-state index contributed by atoms with van der Waals surface area (Å²) in [7, 11) is -3.04. The average Bonchev–Trinajstić information content (AvgIpc) is 2.25. The highest BCUT2D eigenvalue weighted by atomic mass is 35.5. The van der Waals surface area contributed by atoms with Crippen LogP contribution in [0, 0.1) is 0 Å². The molecular formula is C12H15ClN2O3S. The third kappa shape index (κ3) is 3.19. The van der Waals surface area contributed by atoms with Crippen LogP contribution >= 0.6 is 11.6 Å². The van der Waals surface area contributed by atoms with E-state index in [4.69, 9.17) is 17.3 Å². The van der Waals surface area contributed by atoms with Crippen LogP contribution in [0.3, 0.4) is 0 Å². The van der Waals surface area contributed by atoms with Crippen molar-refractivity contribution in [2.45, 2.75) is 13.0 Å². The number of sulfone groups is 1. The molecule has 1 fully saturated rings. The fourth-order valence-corrected chi connectivity index (χ4v) is 4.00. The highest BCUT2D eigenvalue weighted by Crippen LogP contribution is 2.20. The summed E-state index contributed by atoms with van der Waals surface area (Å²) in [6.45, 7) is 1.93. The van der Waals surface area contributed by atoms with Gasteiger partial charge in [-0.15, -0.1) is 0 Å². The molecule has 0 spiro atoms. The highest BCUT2D eigenvalue weighted by Gasteiger charge is 2.31. The standard InChI is InChI=1S/C12H15ClN2O3S/c1-8-7-19(17,18)3-2-15(8)12(16)9-4-10(13)6-11(14)5-9/h4-6,8H,2-3,7,14H2,1H3. The van der Waals surface area contributed by atoms with Crippen LogP contribution in [0.5, 0.6) is 0 Å². The lowest BCUT2D eigenvalue weighted by Crippen LogP contribution is -2.49. The monoisotopic (exact) mass is 302 g/mol. The van der Waals surface area contributed by atoms with Gasteiger partial charge in [-0.05, 0) is 25.1 Å². The number of carbonyl (C=O) groups is 1. The summed E-state index contributed by atoms with van der Waals surface area (Å²) in [4.78, 5) is 13.9. The Balaban J connectivity index is 2.25. The lowest BCUT2D eigenvalue weighted by molar-refractivity contribution is 0.0712. The quantitative estimate of drug-likeness (QED) is 0.790. The Morgan fingerprint density at radius 1 is 1.42 bits per heavy atom. The summed E-state index contributed by atoms with van der Waals surface area (Å²) in [5.41, 5.74) is 6.45. The van der Waals surface area contributed by atoms with Gasteiger partial charge in [-0.1, -0.05) is 11.6 Å². The average molecular weight is 303 g/mol. The van der Waals surface area contributed by atoms with Gasteiger partial charge >= 0.3 is 0 Å². The fourth-order valence-electron chi connectivity index (χ4n) is 2.20. The third-order valence-electron chi connectivity index (χ3n) is 3.10. The minimum atomic E-state index is -3.04. The van der Waals surface area contributed by atoms with Gasteiger partial charge in [0.15, 0.2) is 9.84 Å². The summed E-state index contributed by atoms with van der Waals surface area (Å²) in [6, 6.07) is 4.30. The third-order valence-corrected chi connectivity index (χ3v) is 5.11. The molecule has 1 amide bonds. The number of nitrogens with zero attached hydrogens (tertiary/aromatic N) is 1. The van der Waals surface area contributed by atoms with Gasteiger partial charge in [0.2, 0.25) is 0 Å². The summed E-state index contributed by atoms with van der Waals surface area (Å²) in [5.74, 6) is -0.245. The first-order valence-corrected chi connectivity index (χ1v) is 8.06. The van der Waals surface area contributed by atoms with Gasteiger partial charge in [0.25, 0.3) is 5.91 Å². The number of anilines is 1. The maximum Gasteiger partial charge on any atom is 0.254 e. The molecule has 1 saturated heterocycles. The molecule has 1 unspecified atom stereocenters. The molecule has 0 aromatic heterocycles. The van der Waals surface area contributed by atoms with Crippen LogP contribution in [0.15, 0.2) is 18.2 Å². The van der Waals surface area contributed by atoms with E-state index in [1.807, 2.05) is 0 Å². The van der Waals surface area contributed by atoms with Gasteiger partial charge in [-0.2, -0.15) is 0 Å². The van der Waals surface area contributed by atoms with Crippen LogP contribution in [0.2, 0.25) is 5.02 Å². The van der Waals surface area contributed by atoms with Crippen LogP contribution in [-0.4, -0.2) is 43.3 Å². The van der Waals surface area contributed by atoms with Crippen molar-refractivity contribution in [3.05, 3.63) is 28.8 Å². The number of hydrogen-bond acceptors (Lipinski definition) is 4. The molecular weight excluding hydrogens is 288 g/mol. The molecule has 1 atom stereocenters. The van der Waals surface area contributed by atoms with Crippen molar-refractivity contribution in [3.8, 4) is 0 Å². The topological polar surface area (TPSA) is 80.5 Å². The van der Waals surface area contributed by atoms with Crippen molar-refractivity contribution in [1.82, 2.24) is 4.90 Å². The molecule has 1 aromatic rings. The van der Waals surface area contributed by atoms with Gasteiger partial charge in [-0.3, -0.25) is 4.79 Å². The number of nitrogens with two attached hydrogens (primary N) is 1. The Hall–Kier alpha value is -1.27. The van der Waals surface area contributed by atoms with Crippen LogP contribution in [0.1, 0.15) is 17.3 Å². The number of amides is 1. The predicted octanol–water partition coefficient (Wildman–Crippen LogP) is 1.18. The zero-order valence-corrected chi connectivity index (χ0v) is 12.0. The van der Waals surface area contributed by atoms with E-state index < -0.39 is 9.84 Å². The summed E-state index contributed by atoms with van der Waals surface area (Å²) in [6.07, 6.45) is 0. The second-order valence-corrected chi connectivity index (χ2v) is 7.40. The molecule has 2 rings (SSSR count). The fraction of sp³-hybridized carbons (Fsp3) is 0.417. The minimum absolute atomic E-state index is 0.000865. The molecule has 19 heavy (non-hydrogen) atoms. The van der Waals surface area contributed by atoms with Crippen LogP contribution < -0.4 is 5.73 Å². The first-order valence-electron chi connectivity index (χ1n) is 5.86. The Kier molecular flexibility index (Phi) is 3.73. The zero-order valence-electron chi connectivity index (χ0n) is 10.5. The molecule has 0 saturated carbocycles. The lowest BCUT2D eigenvalue weighted by Gasteiger charge is -2.33. The molecule has 1 aliphatic heterocycles. The Morgan fingerprint density at radius 3 is 2.68 bits per heavy atom.